The summed E-state index contributed by atoms with van der Waals surface area (Å²) in [6.45, 7) is 3.29. The number of amides is 2. The van der Waals surface area contributed by atoms with Gasteiger partial charge < -0.3 is 5.32 Å². The molecule has 0 spiro atoms. The van der Waals surface area contributed by atoms with Gasteiger partial charge in [0.05, 0.1) is 11.4 Å². The Morgan fingerprint density at radius 1 is 1.00 bits per heavy atom. The van der Waals surface area contributed by atoms with Crippen LogP contribution in [0.3, 0.4) is 0 Å². The summed E-state index contributed by atoms with van der Waals surface area (Å²) < 4.78 is 28.0. The fourth-order valence-electron chi connectivity index (χ4n) is 5.13. The summed E-state index contributed by atoms with van der Waals surface area (Å²) in [6, 6.07) is 15.7. The second-order valence-corrected chi connectivity index (χ2v) is 11.7. The minimum atomic E-state index is -3.95. The predicted octanol–water partition coefficient (Wildman–Crippen LogP) is 3.88. The van der Waals surface area contributed by atoms with Gasteiger partial charge in [-0.3, -0.25) is 14.5 Å². The second-order valence-electron chi connectivity index (χ2n) is 9.77. The Hall–Kier alpha value is -2.71. The van der Waals surface area contributed by atoms with E-state index < -0.39 is 21.5 Å². The molecular formula is C27H35N3O4S. The van der Waals surface area contributed by atoms with Crippen LogP contribution in [0.2, 0.25) is 0 Å². The number of sulfonamides is 1. The lowest BCUT2D eigenvalue weighted by Crippen LogP contribution is -2.70. The molecule has 2 aromatic carbocycles. The molecule has 2 aromatic rings. The van der Waals surface area contributed by atoms with Crippen molar-refractivity contribution in [2.45, 2.75) is 75.3 Å². The molecule has 1 saturated heterocycles. The van der Waals surface area contributed by atoms with E-state index >= 15 is 0 Å². The third kappa shape index (κ3) is 5.28. The van der Waals surface area contributed by atoms with E-state index in [1.54, 1.807) is 25.1 Å². The number of rotatable bonds is 6. The SMILES string of the molecule is CCc1ccc(N2C(=O)CN(S(=O)(=O)c3ccccc3)CC2(C)C(=O)NC2CCCCCC2)cc1. The summed E-state index contributed by atoms with van der Waals surface area (Å²) in [4.78, 5) is 29.0. The smallest absolute Gasteiger partial charge is 0.247 e. The van der Waals surface area contributed by atoms with Crippen LogP contribution in [0.4, 0.5) is 5.69 Å². The fraction of sp³-hybridized carbons (Fsp3) is 0.481. The first-order valence-corrected chi connectivity index (χ1v) is 14.0. The van der Waals surface area contributed by atoms with E-state index in [0.717, 1.165) is 54.8 Å². The second kappa shape index (κ2) is 10.5. The van der Waals surface area contributed by atoms with Crippen molar-refractivity contribution in [1.82, 2.24) is 9.62 Å². The fourth-order valence-corrected chi connectivity index (χ4v) is 6.63. The van der Waals surface area contributed by atoms with Crippen molar-refractivity contribution >= 4 is 27.5 Å². The Balaban J connectivity index is 1.70. The highest BCUT2D eigenvalue weighted by Gasteiger charge is 2.51. The maximum Gasteiger partial charge on any atom is 0.247 e. The Morgan fingerprint density at radius 3 is 2.23 bits per heavy atom. The Bertz CT molecular complexity index is 1140. The zero-order chi connectivity index (χ0) is 25.1. The zero-order valence-corrected chi connectivity index (χ0v) is 21.4. The quantitative estimate of drug-likeness (QED) is 0.614. The number of anilines is 1. The summed E-state index contributed by atoms with van der Waals surface area (Å²) in [7, 11) is -3.95. The molecule has 1 N–H and O–H groups in total. The van der Waals surface area contributed by atoms with Crippen molar-refractivity contribution in [1.29, 1.82) is 0 Å². The topological polar surface area (TPSA) is 86.8 Å². The number of nitrogens with zero attached hydrogens (tertiary/aromatic N) is 2. The Morgan fingerprint density at radius 2 is 1.63 bits per heavy atom. The van der Waals surface area contributed by atoms with Crippen LogP contribution < -0.4 is 10.2 Å². The number of nitrogens with one attached hydrogen (secondary N) is 1. The molecule has 1 aliphatic carbocycles. The number of piperazine rings is 1. The van der Waals surface area contributed by atoms with Crippen LogP contribution in [0, 0.1) is 0 Å². The van der Waals surface area contributed by atoms with Gasteiger partial charge >= 0.3 is 0 Å². The average molecular weight is 498 g/mol. The van der Waals surface area contributed by atoms with Crippen molar-refractivity contribution in [3.05, 3.63) is 60.2 Å². The van der Waals surface area contributed by atoms with Crippen molar-refractivity contribution in [2.75, 3.05) is 18.0 Å². The van der Waals surface area contributed by atoms with E-state index in [2.05, 4.69) is 12.2 Å². The minimum absolute atomic E-state index is 0.0300. The molecule has 7 nitrogen and oxygen atoms in total. The summed E-state index contributed by atoms with van der Waals surface area (Å²) in [6.07, 6.45) is 7.06. The van der Waals surface area contributed by atoms with Gasteiger partial charge in [-0.05, 0) is 56.0 Å². The summed E-state index contributed by atoms with van der Waals surface area (Å²) in [5.41, 5.74) is 0.329. The van der Waals surface area contributed by atoms with E-state index in [1.807, 2.05) is 24.3 Å². The molecule has 0 radical (unpaired) electrons. The van der Waals surface area contributed by atoms with Crippen LogP contribution in [0.25, 0.3) is 0 Å². The number of aryl methyl sites for hydroxylation is 1. The van der Waals surface area contributed by atoms with Crippen LogP contribution in [0.5, 0.6) is 0 Å². The monoisotopic (exact) mass is 497 g/mol. The zero-order valence-electron chi connectivity index (χ0n) is 20.6. The molecule has 1 unspecified atom stereocenters. The number of carbonyl (C=O) groups excluding carboxylic acids is 2. The summed E-state index contributed by atoms with van der Waals surface area (Å²) >= 11 is 0. The van der Waals surface area contributed by atoms with Gasteiger partial charge in [-0.1, -0.05) is 62.9 Å². The molecule has 1 heterocycles. The Kier molecular flexibility index (Phi) is 7.62. The van der Waals surface area contributed by atoms with Gasteiger partial charge in [0.25, 0.3) is 0 Å². The first-order chi connectivity index (χ1) is 16.8. The first-order valence-electron chi connectivity index (χ1n) is 12.5. The standard InChI is InChI=1S/C27H35N3O4S/c1-3-21-15-17-23(18-16-21)30-25(31)19-29(35(33,34)24-13-9-6-10-14-24)20-27(30,2)26(32)28-22-11-7-4-5-8-12-22/h6,9-10,13-18,22H,3-5,7-8,11-12,19-20H2,1-2H3,(H,28,32). The van der Waals surface area contributed by atoms with Gasteiger partial charge in [0.1, 0.15) is 5.54 Å². The number of carbonyl (C=O) groups is 2. The van der Waals surface area contributed by atoms with Crippen LogP contribution >= 0.6 is 0 Å². The molecule has 4 rings (SSSR count). The maximum absolute atomic E-state index is 13.8. The lowest BCUT2D eigenvalue weighted by molar-refractivity contribution is -0.133. The highest BCUT2D eigenvalue weighted by Crippen LogP contribution is 2.33. The van der Waals surface area contributed by atoms with Gasteiger partial charge in [-0.15, -0.1) is 0 Å². The van der Waals surface area contributed by atoms with Crippen molar-refractivity contribution in [3.8, 4) is 0 Å². The van der Waals surface area contributed by atoms with Crippen molar-refractivity contribution in [2.24, 2.45) is 0 Å². The number of hydrogen-bond acceptors (Lipinski definition) is 4. The lowest BCUT2D eigenvalue weighted by Gasteiger charge is -2.47. The summed E-state index contributed by atoms with van der Waals surface area (Å²) in [5, 5.41) is 3.17. The molecule has 1 atom stereocenters. The lowest BCUT2D eigenvalue weighted by atomic mass is 9.93. The molecule has 8 heteroatoms. The van der Waals surface area contributed by atoms with E-state index in [-0.39, 0.29) is 29.9 Å². The predicted molar refractivity (Wildman–Crippen MR) is 137 cm³/mol. The van der Waals surface area contributed by atoms with Gasteiger partial charge in [0.15, 0.2) is 0 Å². The van der Waals surface area contributed by atoms with Crippen LogP contribution in [0.15, 0.2) is 59.5 Å². The van der Waals surface area contributed by atoms with E-state index in [4.69, 9.17) is 0 Å². The molecule has 1 aliphatic heterocycles. The molecule has 1 saturated carbocycles. The third-order valence-electron chi connectivity index (χ3n) is 7.20. The highest BCUT2D eigenvalue weighted by molar-refractivity contribution is 7.89. The molecule has 0 aromatic heterocycles. The van der Waals surface area contributed by atoms with Gasteiger partial charge in [-0.25, -0.2) is 8.42 Å². The minimum Gasteiger partial charge on any atom is -0.351 e. The number of hydrogen-bond donors (Lipinski definition) is 1. The highest BCUT2D eigenvalue weighted by atomic mass is 32.2. The Labute approximate surface area is 208 Å². The van der Waals surface area contributed by atoms with Gasteiger partial charge in [-0.2, -0.15) is 4.31 Å². The molecule has 2 fully saturated rings. The van der Waals surface area contributed by atoms with Gasteiger partial charge in [0, 0.05) is 18.3 Å². The van der Waals surface area contributed by atoms with E-state index in [1.165, 1.54) is 17.0 Å². The maximum atomic E-state index is 13.8. The van der Waals surface area contributed by atoms with Crippen LogP contribution in [0.1, 0.15) is 57.9 Å². The molecular weight excluding hydrogens is 462 g/mol. The summed E-state index contributed by atoms with van der Waals surface area (Å²) in [5.74, 6) is -0.733. The molecule has 2 amide bonds. The largest absolute Gasteiger partial charge is 0.351 e. The van der Waals surface area contributed by atoms with Crippen LogP contribution in [-0.2, 0) is 26.0 Å². The van der Waals surface area contributed by atoms with E-state index in [0.29, 0.717) is 5.69 Å². The molecule has 188 valence electrons. The molecule has 0 bridgehead atoms. The first kappa shape index (κ1) is 25.4. The van der Waals surface area contributed by atoms with E-state index in [9.17, 15) is 18.0 Å². The average Bonchev–Trinajstić information content (AvgIpc) is 3.13. The van der Waals surface area contributed by atoms with Crippen molar-refractivity contribution in [3.63, 3.8) is 0 Å². The molecule has 35 heavy (non-hydrogen) atoms. The van der Waals surface area contributed by atoms with Crippen LogP contribution in [-0.4, -0.2) is 49.2 Å². The van der Waals surface area contributed by atoms with Crippen molar-refractivity contribution < 1.29 is 18.0 Å². The van der Waals surface area contributed by atoms with Gasteiger partial charge in [0.2, 0.25) is 21.8 Å². The normalized spacial score (nSPS) is 22.6. The number of benzene rings is 2. The molecule has 2 aliphatic rings. The third-order valence-corrected chi connectivity index (χ3v) is 9.01.